The molecule has 0 spiro atoms. The number of benzene rings is 2. The van der Waals surface area contributed by atoms with Crippen LogP contribution < -0.4 is 10.2 Å². The molecule has 0 aliphatic carbocycles. The summed E-state index contributed by atoms with van der Waals surface area (Å²) < 4.78 is 7.57. The van der Waals surface area contributed by atoms with Gasteiger partial charge in [0, 0.05) is 28.2 Å². The first-order valence-electron chi connectivity index (χ1n) is 9.32. The summed E-state index contributed by atoms with van der Waals surface area (Å²) in [5, 5.41) is 4.13. The predicted octanol–water partition coefficient (Wildman–Crippen LogP) is 4.57. The molecule has 0 fully saturated rings. The lowest BCUT2D eigenvalue weighted by molar-refractivity contribution is 0.0955. The van der Waals surface area contributed by atoms with Gasteiger partial charge in [-0.25, -0.2) is 5.43 Å². The van der Waals surface area contributed by atoms with Crippen molar-refractivity contribution >= 4 is 12.1 Å². The van der Waals surface area contributed by atoms with Crippen LogP contribution in [-0.4, -0.2) is 23.3 Å². The van der Waals surface area contributed by atoms with Crippen LogP contribution in [0.15, 0.2) is 59.7 Å². The number of nitrogens with one attached hydrogen (secondary N) is 1. The number of ether oxygens (including phenoxy) is 1. The van der Waals surface area contributed by atoms with E-state index in [0.717, 1.165) is 28.4 Å². The van der Waals surface area contributed by atoms with Crippen molar-refractivity contribution in [3.63, 3.8) is 0 Å². The Morgan fingerprint density at radius 1 is 1.11 bits per heavy atom. The van der Waals surface area contributed by atoms with E-state index in [1.54, 1.807) is 30.5 Å². The molecule has 5 nitrogen and oxygen atoms in total. The molecular weight excluding hydrogens is 350 g/mol. The van der Waals surface area contributed by atoms with Gasteiger partial charge in [0.2, 0.25) is 0 Å². The number of aromatic nitrogens is 1. The Kier molecular flexibility index (Phi) is 5.94. The number of hydrogen-bond acceptors (Lipinski definition) is 3. The Morgan fingerprint density at radius 3 is 2.54 bits per heavy atom. The van der Waals surface area contributed by atoms with Crippen LogP contribution in [0.4, 0.5) is 0 Å². The van der Waals surface area contributed by atoms with Crippen LogP contribution in [0.3, 0.4) is 0 Å². The number of nitrogens with zero attached hydrogens (tertiary/aromatic N) is 2. The largest absolute Gasteiger partial charge is 0.494 e. The zero-order chi connectivity index (χ0) is 20.1. The minimum Gasteiger partial charge on any atom is -0.494 e. The van der Waals surface area contributed by atoms with Gasteiger partial charge < -0.3 is 9.30 Å². The van der Waals surface area contributed by atoms with Gasteiger partial charge in [-0.15, -0.1) is 0 Å². The van der Waals surface area contributed by atoms with Gasteiger partial charge >= 0.3 is 0 Å². The lowest BCUT2D eigenvalue weighted by Crippen LogP contribution is -2.17. The van der Waals surface area contributed by atoms with Gasteiger partial charge in [-0.2, -0.15) is 5.10 Å². The first-order valence-corrected chi connectivity index (χ1v) is 9.32. The smallest absolute Gasteiger partial charge is 0.271 e. The summed E-state index contributed by atoms with van der Waals surface area (Å²) in [5.74, 6) is 0.484. The van der Waals surface area contributed by atoms with Crippen molar-refractivity contribution in [1.82, 2.24) is 9.99 Å². The van der Waals surface area contributed by atoms with Crippen LogP contribution in [0, 0.1) is 20.8 Å². The SMILES string of the molecule is CCOc1ccc(C(=O)N/N=C/c2cc(C)n(-c3cccc(C)c3)c2C)cc1. The molecule has 1 heterocycles. The molecule has 0 saturated heterocycles. The predicted molar refractivity (Wildman–Crippen MR) is 113 cm³/mol. The molecule has 1 amide bonds. The van der Waals surface area contributed by atoms with Gasteiger partial charge in [-0.05, 0) is 75.7 Å². The second-order valence-electron chi connectivity index (χ2n) is 6.66. The third kappa shape index (κ3) is 4.31. The molecule has 1 N–H and O–H groups in total. The van der Waals surface area contributed by atoms with Crippen LogP contribution in [0.5, 0.6) is 5.75 Å². The Morgan fingerprint density at radius 2 is 1.86 bits per heavy atom. The van der Waals surface area contributed by atoms with Crippen molar-refractivity contribution in [1.29, 1.82) is 0 Å². The lowest BCUT2D eigenvalue weighted by Gasteiger charge is -2.10. The summed E-state index contributed by atoms with van der Waals surface area (Å²) in [4.78, 5) is 12.2. The first-order chi connectivity index (χ1) is 13.5. The maximum absolute atomic E-state index is 12.2. The molecule has 0 aliphatic rings. The highest BCUT2D eigenvalue weighted by atomic mass is 16.5. The summed E-state index contributed by atoms with van der Waals surface area (Å²) in [6, 6.07) is 17.4. The van der Waals surface area contributed by atoms with Crippen LogP contribution >= 0.6 is 0 Å². The fraction of sp³-hybridized carbons (Fsp3) is 0.217. The number of hydrazone groups is 1. The Balaban J connectivity index is 1.72. The quantitative estimate of drug-likeness (QED) is 0.507. The highest BCUT2D eigenvalue weighted by Crippen LogP contribution is 2.20. The number of aryl methyl sites for hydroxylation is 2. The minimum absolute atomic E-state index is 0.258. The van der Waals surface area contributed by atoms with E-state index in [1.165, 1.54) is 5.56 Å². The fourth-order valence-corrected chi connectivity index (χ4v) is 3.18. The molecular formula is C23H25N3O2. The maximum atomic E-state index is 12.2. The Hall–Kier alpha value is -3.34. The molecule has 0 bridgehead atoms. The van der Waals surface area contributed by atoms with E-state index in [9.17, 15) is 4.79 Å². The molecule has 5 heteroatoms. The third-order valence-corrected chi connectivity index (χ3v) is 4.53. The molecule has 2 aromatic carbocycles. The lowest BCUT2D eigenvalue weighted by atomic mass is 10.2. The molecule has 0 saturated carbocycles. The number of rotatable bonds is 6. The van der Waals surface area contributed by atoms with E-state index in [-0.39, 0.29) is 5.91 Å². The van der Waals surface area contributed by atoms with Gasteiger partial charge in [-0.3, -0.25) is 4.79 Å². The summed E-state index contributed by atoms with van der Waals surface area (Å²) in [6.07, 6.45) is 1.68. The van der Waals surface area contributed by atoms with Crippen molar-refractivity contribution in [2.75, 3.05) is 6.61 Å². The molecule has 3 aromatic rings. The maximum Gasteiger partial charge on any atom is 0.271 e. The fourth-order valence-electron chi connectivity index (χ4n) is 3.18. The molecule has 0 aliphatic heterocycles. The molecule has 0 radical (unpaired) electrons. The second kappa shape index (κ2) is 8.57. The van der Waals surface area contributed by atoms with Crippen LogP contribution in [0.1, 0.15) is 39.8 Å². The normalized spacial score (nSPS) is 11.0. The van der Waals surface area contributed by atoms with Gasteiger partial charge in [-0.1, -0.05) is 12.1 Å². The van der Waals surface area contributed by atoms with Crippen molar-refractivity contribution in [2.45, 2.75) is 27.7 Å². The number of hydrogen-bond donors (Lipinski definition) is 1. The average molecular weight is 375 g/mol. The van der Waals surface area contributed by atoms with E-state index in [0.29, 0.717) is 12.2 Å². The van der Waals surface area contributed by atoms with Crippen LogP contribution in [0.2, 0.25) is 0 Å². The molecule has 3 rings (SSSR count). The van der Waals surface area contributed by atoms with Crippen LogP contribution in [0.25, 0.3) is 5.69 Å². The van der Waals surface area contributed by atoms with Crippen molar-refractivity contribution in [3.8, 4) is 11.4 Å². The third-order valence-electron chi connectivity index (χ3n) is 4.53. The summed E-state index contributed by atoms with van der Waals surface area (Å²) in [5.41, 5.74) is 8.60. The van der Waals surface area contributed by atoms with Crippen molar-refractivity contribution in [3.05, 3.63) is 82.7 Å². The highest BCUT2D eigenvalue weighted by molar-refractivity contribution is 5.95. The molecule has 144 valence electrons. The Bertz CT molecular complexity index is 1000. The molecule has 28 heavy (non-hydrogen) atoms. The Labute approximate surface area is 165 Å². The topological polar surface area (TPSA) is 55.6 Å². The van der Waals surface area contributed by atoms with E-state index in [2.05, 4.69) is 53.2 Å². The monoisotopic (exact) mass is 375 g/mol. The average Bonchev–Trinajstić information content (AvgIpc) is 2.96. The molecule has 1 aromatic heterocycles. The number of amides is 1. The van der Waals surface area contributed by atoms with Crippen LogP contribution in [-0.2, 0) is 0 Å². The van der Waals surface area contributed by atoms with Crippen molar-refractivity contribution < 1.29 is 9.53 Å². The standard InChI is InChI=1S/C23H25N3O2/c1-5-28-22-11-9-19(10-12-22)23(27)25-24-15-20-14-17(3)26(18(20)4)21-8-6-7-16(2)13-21/h6-15H,5H2,1-4H3,(H,25,27)/b24-15+. The van der Waals surface area contributed by atoms with E-state index in [4.69, 9.17) is 4.74 Å². The van der Waals surface area contributed by atoms with E-state index >= 15 is 0 Å². The summed E-state index contributed by atoms with van der Waals surface area (Å²) in [6.45, 7) is 8.70. The zero-order valence-corrected chi connectivity index (χ0v) is 16.7. The number of carbonyl (C=O) groups is 1. The summed E-state index contributed by atoms with van der Waals surface area (Å²) in [7, 11) is 0. The molecule has 0 unspecified atom stereocenters. The van der Waals surface area contributed by atoms with E-state index < -0.39 is 0 Å². The summed E-state index contributed by atoms with van der Waals surface area (Å²) >= 11 is 0. The van der Waals surface area contributed by atoms with Gasteiger partial charge in [0.05, 0.1) is 12.8 Å². The molecule has 0 atom stereocenters. The van der Waals surface area contributed by atoms with Gasteiger partial charge in [0.15, 0.2) is 0 Å². The number of carbonyl (C=O) groups excluding carboxylic acids is 1. The minimum atomic E-state index is -0.258. The first kappa shape index (κ1) is 19.4. The zero-order valence-electron chi connectivity index (χ0n) is 16.7. The van der Waals surface area contributed by atoms with Gasteiger partial charge in [0.25, 0.3) is 5.91 Å². The van der Waals surface area contributed by atoms with Crippen molar-refractivity contribution in [2.24, 2.45) is 5.10 Å². The van der Waals surface area contributed by atoms with Gasteiger partial charge in [0.1, 0.15) is 5.75 Å². The van der Waals surface area contributed by atoms with E-state index in [1.807, 2.05) is 19.9 Å². The second-order valence-corrected chi connectivity index (χ2v) is 6.66. The highest BCUT2D eigenvalue weighted by Gasteiger charge is 2.10.